The van der Waals surface area contributed by atoms with E-state index >= 15 is 0 Å². The maximum absolute atomic E-state index is 13.3. The molecule has 0 radical (unpaired) electrons. The Morgan fingerprint density at radius 3 is 2.30 bits per heavy atom. The smallest absolute Gasteiger partial charge is 0.262 e. The number of halogens is 1. The molecule has 13 nitrogen and oxygen atoms in total. The van der Waals surface area contributed by atoms with Crippen molar-refractivity contribution >= 4 is 46.8 Å². The van der Waals surface area contributed by atoms with Gasteiger partial charge in [0.15, 0.2) is 0 Å². The zero-order chi connectivity index (χ0) is 39.9. The number of imide groups is 2. The van der Waals surface area contributed by atoms with Crippen LogP contribution >= 0.6 is 11.6 Å². The van der Waals surface area contributed by atoms with Crippen molar-refractivity contribution in [2.75, 3.05) is 25.0 Å². The number of piperidine rings is 1. The first-order valence-electron chi connectivity index (χ1n) is 18.9. The van der Waals surface area contributed by atoms with Crippen LogP contribution in [0, 0.1) is 28.1 Å². The van der Waals surface area contributed by atoms with Crippen LogP contribution in [-0.2, 0) is 9.59 Å². The van der Waals surface area contributed by atoms with Gasteiger partial charge in [0.2, 0.25) is 11.8 Å². The number of benzene rings is 3. The Hall–Kier alpha value is -5.45. The molecule has 3 aromatic carbocycles. The SMILES string of the molecule is CC1(C)C(NC(=O)c2ccc(NCCNC3CC(COc4ccc5c(c4)C(=O)N(C4CCC(=O)NC4=O)C5=O)C3)cc2)C(C)(C)C1Oc1ccc(C#N)c(Cl)c1. The van der Waals surface area contributed by atoms with Crippen LogP contribution < -0.4 is 30.7 Å². The van der Waals surface area contributed by atoms with Crippen LogP contribution in [0.1, 0.15) is 90.0 Å². The first-order valence-corrected chi connectivity index (χ1v) is 19.3. The summed E-state index contributed by atoms with van der Waals surface area (Å²) in [6, 6.07) is 18.5. The number of amides is 5. The summed E-state index contributed by atoms with van der Waals surface area (Å²) in [5, 5.41) is 21.9. The molecule has 1 saturated heterocycles. The summed E-state index contributed by atoms with van der Waals surface area (Å²) in [7, 11) is 0. The maximum Gasteiger partial charge on any atom is 0.262 e. The van der Waals surface area contributed by atoms with Crippen LogP contribution in [0.5, 0.6) is 11.5 Å². The minimum Gasteiger partial charge on any atom is -0.493 e. The molecule has 0 spiro atoms. The molecule has 1 atom stereocenters. The van der Waals surface area contributed by atoms with Crippen molar-refractivity contribution in [2.45, 2.75) is 77.6 Å². The molecule has 3 aromatic rings. The van der Waals surface area contributed by atoms with Crippen molar-refractivity contribution in [3.05, 3.63) is 87.9 Å². The van der Waals surface area contributed by atoms with Crippen LogP contribution in [-0.4, -0.2) is 78.4 Å². The molecule has 4 N–H and O–H groups in total. The standard InChI is InChI=1S/C42H45ClN6O7/c1-41(2)39(42(3,4)40(41)56-29-10-7-25(21-44)32(43)20-29)48-35(51)24-5-8-26(9-6-24)45-15-16-46-27-17-23(18-27)22-55-28-11-12-30-31(19-28)38(54)49(37(30)53)33-13-14-34(50)47-36(33)52/h5-12,19-20,23,27,33,39-40,45-46H,13-18,22H2,1-4H3,(H,48,51)(H,47,50,52). The molecule has 2 heterocycles. The van der Waals surface area contributed by atoms with Crippen LogP contribution in [0.3, 0.4) is 0 Å². The van der Waals surface area contributed by atoms with Crippen LogP contribution in [0.15, 0.2) is 60.7 Å². The van der Waals surface area contributed by atoms with Gasteiger partial charge in [0.05, 0.1) is 28.3 Å². The molecule has 7 rings (SSSR count). The summed E-state index contributed by atoms with van der Waals surface area (Å²) in [6.07, 6.45) is 1.88. The highest BCUT2D eigenvalue weighted by Gasteiger charge is 2.64. The number of nitriles is 1. The summed E-state index contributed by atoms with van der Waals surface area (Å²) in [4.78, 5) is 64.1. The lowest BCUT2D eigenvalue weighted by Gasteiger charge is -2.63. The number of rotatable bonds is 13. The molecule has 2 aliphatic carbocycles. The van der Waals surface area contributed by atoms with Gasteiger partial charge in [0.25, 0.3) is 17.7 Å². The molecule has 2 aliphatic heterocycles. The zero-order valence-electron chi connectivity index (χ0n) is 31.7. The van der Waals surface area contributed by atoms with E-state index in [4.69, 9.17) is 21.1 Å². The fraction of sp³-hybridized carbons (Fsp3) is 0.429. The van der Waals surface area contributed by atoms with Gasteiger partial charge in [-0.1, -0.05) is 39.3 Å². The number of carbonyl (C=O) groups excluding carboxylic acids is 5. The van der Waals surface area contributed by atoms with Crippen molar-refractivity contribution < 1.29 is 33.4 Å². The number of anilines is 1. The molecule has 1 unspecified atom stereocenters. The molecule has 3 fully saturated rings. The quantitative estimate of drug-likeness (QED) is 0.135. The summed E-state index contributed by atoms with van der Waals surface area (Å²) in [5.74, 6) is -0.876. The Balaban J connectivity index is 0.805. The van der Waals surface area contributed by atoms with Crippen molar-refractivity contribution in [1.82, 2.24) is 20.9 Å². The highest BCUT2D eigenvalue weighted by Crippen LogP contribution is 2.55. The molecular formula is C42H45ClN6O7. The molecular weight excluding hydrogens is 736 g/mol. The molecule has 0 aromatic heterocycles. The van der Waals surface area contributed by atoms with Gasteiger partial charge in [0, 0.05) is 59.7 Å². The van der Waals surface area contributed by atoms with Crippen molar-refractivity contribution in [2.24, 2.45) is 16.7 Å². The van der Waals surface area contributed by atoms with E-state index in [-0.39, 0.29) is 52.9 Å². The third-order valence-electron chi connectivity index (χ3n) is 11.6. The summed E-state index contributed by atoms with van der Waals surface area (Å²) in [5.41, 5.74) is 1.57. The van der Waals surface area contributed by atoms with Crippen LogP contribution in [0.2, 0.25) is 5.02 Å². The van der Waals surface area contributed by atoms with E-state index in [0.717, 1.165) is 30.0 Å². The van der Waals surface area contributed by atoms with Crippen molar-refractivity contribution in [3.63, 3.8) is 0 Å². The lowest BCUT2D eigenvalue weighted by Crippen LogP contribution is -2.74. The summed E-state index contributed by atoms with van der Waals surface area (Å²) < 4.78 is 12.3. The zero-order valence-corrected chi connectivity index (χ0v) is 32.5. The minimum atomic E-state index is -1.00. The van der Waals surface area contributed by atoms with Gasteiger partial charge >= 0.3 is 0 Å². The van der Waals surface area contributed by atoms with E-state index in [1.54, 1.807) is 36.4 Å². The molecule has 14 heteroatoms. The van der Waals surface area contributed by atoms with E-state index in [1.165, 1.54) is 0 Å². The largest absolute Gasteiger partial charge is 0.493 e. The van der Waals surface area contributed by atoms with Crippen molar-refractivity contribution in [3.8, 4) is 17.6 Å². The number of ether oxygens (including phenoxy) is 2. The van der Waals surface area contributed by atoms with Crippen LogP contribution in [0.4, 0.5) is 5.69 Å². The lowest BCUT2D eigenvalue weighted by atomic mass is 9.49. The Kier molecular flexibility index (Phi) is 10.6. The summed E-state index contributed by atoms with van der Waals surface area (Å²) >= 11 is 6.22. The number of carbonyl (C=O) groups is 5. The first kappa shape index (κ1) is 38.8. The Morgan fingerprint density at radius 1 is 0.929 bits per heavy atom. The molecule has 2 saturated carbocycles. The average molecular weight is 781 g/mol. The third-order valence-corrected chi connectivity index (χ3v) is 11.9. The van der Waals surface area contributed by atoms with Gasteiger partial charge in [0.1, 0.15) is 29.7 Å². The minimum absolute atomic E-state index is 0.0698. The number of hydrogen-bond acceptors (Lipinski definition) is 10. The van der Waals surface area contributed by atoms with E-state index in [2.05, 4.69) is 55.0 Å². The van der Waals surface area contributed by atoms with Crippen molar-refractivity contribution in [1.29, 1.82) is 5.26 Å². The number of nitrogens with zero attached hydrogens (tertiary/aromatic N) is 2. The predicted molar refractivity (Wildman–Crippen MR) is 207 cm³/mol. The molecule has 56 heavy (non-hydrogen) atoms. The third kappa shape index (κ3) is 7.43. The van der Waals surface area contributed by atoms with Gasteiger partial charge in [-0.15, -0.1) is 0 Å². The van der Waals surface area contributed by atoms with Gasteiger partial charge in [-0.3, -0.25) is 34.2 Å². The second-order valence-electron chi connectivity index (χ2n) is 16.3. The van der Waals surface area contributed by atoms with Gasteiger partial charge < -0.3 is 25.4 Å². The monoisotopic (exact) mass is 780 g/mol. The van der Waals surface area contributed by atoms with Crippen LogP contribution in [0.25, 0.3) is 0 Å². The average Bonchev–Trinajstić information content (AvgIpc) is 3.39. The fourth-order valence-corrected chi connectivity index (χ4v) is 9.04. The van der Waals surface area contributed by atoms with E-state index in [1.807, 2.05) is 24.3 Å². The number of fused-ring (bicyclic) bond motifs is 1. The second kappa shape index (κ2) is 15.2. The van der Waals surface area contributed by atoms with E-state index < -0.39 is 29.7 Å². The predicted octanol–water partition coefficient (Wildman–Crippen LogP) is 5.08. The molecule has 292 valence electrons. The Bertz CT molecular complexity index is 2110. The Morgan fingerprint density at radius 2 is 1.62 bits per heavy atom. The topological polar surface area (TPSA) is 179 Å². The normalized spacial score (nSPS) is 24.6. The van der Waals surface area contributed by atoms with E-state index in [9.17, 15) is 29.2 Å². The number of hydrogen-bond donors (Lipinski definition) is 4. The molecule has 5 amide bonds. The Labute approximate surface area is 330 Å². The maximum atomic E-state index is 13.3. The summed E-state index contributed by atoms with van der Waals surface area (Å²) in [6.45, 7) is 10.2. The van der Waals surface area contributed by atoms with E-state index in [0.29, 0.717) is 52.8 Å². The van der Waals surface area contributed by atoms with Gasteiger partial charge in [-0.25, -0.2) is 0 Å². The van der Waals surface area contributed by atoms with Gasteiger partial charge in [-0.2, -0.15) is 5.26 Å². The second-order valence-corrected chi connectivity index (χ2v) is 16.7. The first-order chi connectivity index (χ1) is 26.7. The molecule has 0 bridgehead atoms. The molecule has 4 aliphatic rings. The van der Waals surface area contributed by atoms with Gasteiger partial charge in [-0.05, 0) is 79.8 Å². The lowest BCUT2D eigenvalue weighted by molar-refractivity contribution is -0.164. The highest BCUT2D eigenvalue weighted by molar-refractivity contribution is 6.31. The highest BCUT2D eigenvalue weighted by atomic mass is 35.5. The fourth-order valence-electron chi connectivity index (χ4n) is 8.83. The number of nitrogens with one attached hydrogen (secondary N) is 4.